The van der Waals surface area contributed by atoms with Crippen LogP contribution in [0.3, 0.4) is 0 Å². The minimum atomic E-state index is -4.55. The van der Waals surface area contributed by atoms with Gasteiger partial charge in [-0.25, -0.2) is 4.98 Å². The molecule has 7 nitrogen and oxygen atoms in total. The van der Waals surface area contributed by atoms with Crippen molar-refractivity contribution in [3.63, 3.8) is 0 Å². The summed E-state index contributed by atoms with van der Waals surface area (Å²) in [6.07, 6.45) is 2.59. The van der Waals surface area contributed by atoms with E-state index in [4.69, 9.17) is 10.5 Å². The van der Waals surface area contributed by atoms with Gasteiger partial charge in [0.1, 0.15) is 23.5 Å². The van der Waals surface area contributed by atoms with Crippen LogP contribution >= 0.6 is 0 Å². The van der Waals surface area contributed by atoms with Gasteiger partial charge in [-0.05, 0) is 23.6 Å². The van der Waals surface area contributed by atoms with Crippen LogP contribution in [0.4, 0.5) is 13.2 Å². The Morgan fingerprint density at radius 1 is 1.14 bits per heavy atom. The first-order chi connectivity index (χ1) is 17.6. The predicted octanol–water partition coefficient (Wildman–Crippen LogP) is 4.73. The van der Waals surface area contributed by atoms with Gasteiger partial charge in [-0.1, -0.05) is 44.2 Å². The molecule has 4 aromatic rings. The summed E-state index contributed by atoms with van der Waals surface area (Å²) < 4.78 is 44.1. The minimum Gasteiger partial charge on any atom is -0.492 e. The molecule has 0 aliphatic heterocycles. The number of aromatic amines is 1. The highest BCUT2D eigenvalue weighted by Crippen LogP contribution is 2.34. The first-order valence-electron chi connectivity index (χ1n) is 11.8. The topological polar surface area (TPSA) is 106 Å². The summed E-state index contributed by atoms with van der Waals surface area (Å²) in [6.45, 7) is 2.36. The molecule has 1 amide bonds. The van der Waals surface area contributed by atoms with Crippen LogP contribution < -0.4 is 15.8 Å². The van der Waals surface area contributed by atoms with Gasteiger partial charge in [0.15, 0.2) is 0 Å². The van der Waals surface area contributed by atoms with Crippen molar-refractivity contribution in [2.75, 3.05) is 13.2 Å². The highest BCUT2D eigenvalue weighted by Gasteiger charge is 2.41. The molecule has 0 spiro atoms. The summed E-state index contributed by atoms with van der Waals surface area (Å²) in [7, 11) is 0. The van der Waals surface area contributed by atoms with Crippen LogP contribution in [0, 0.1) is 5.92 Å². The largest absolute Gasteiger partial charge is 0.492 e. The molecule has 0 saturated carbocycles. The number of carbonyl (C=O) groups excluding carboxylic acids is 1. The number of nitrogens with two attached hydrogens (primary N) is 1. The quantitative estimate of drug-likeness (QED) is 0.301. The smallest absolute Gasteiger partial charge is 0.405 e. The number of ether oxygens (including phenoxy) is 1. The standard InChI is InChI=1S/C27H28F3N5O2/c1-17(2)27(31,25(36)35-16-26(28,29)30)20-10-19(12-32-13-20)23-15-34-24-22(23)11-21(14-33-24)37-9-8-18-6-4-3-5-7-18/h3-7,10-15,17H,8-9,16,31H2,1-2H3,(H,33,34)(H,35,36)/t27-/m1/s1. The highest BCUT2D eigenvalue weighted by molar-refractivity contribution is 5.95. The van der Waals surface area contributed by atoms with Crippen molar-refractivity contribution in [2.24, 2.45) is 11.7 Å². The van der Waals surface area contributed by atoms with E-state index < -0.39 is 30.1 Å². The molecule has 0 bridgehead atoms. The molecule has 194 valence electrons. The Labute approximate surface area is 212 Å². The Morgan fingerprint density at radius 3 is 2.59 bits per heavy atom. The Hall–Kier alpha value is -3.92. The molecule has 0 aliphatic rings. The lowest BCUT2D eigenvalue weighted by Crippen LogP contribution is -2.56. The minimum absolute atomic E-state index is 0.303. The van der Waals surface area contributed by atoms with Crippen LogP contribution in [-0.2, 0) is 16.8 Å². The lowest BCUT2D eigenvalue weighted by atomic mass is 9.80. The van der Waals surface area contributed by atoms with E-state index in [1.54, 1.807) is 38.5 Å². The number of amides is 1. The summed E-state index contributed by atoms with van der Waals surface area (Å²) in [5.74, 6) is -0.837. The number of halogens is 3. The fourth-order valence-electron chi connectivity index (χ4n) is 4.10. The average molecular weight is 512 g/mol. The molecule has 4 N–H and O–H groups in total. The van der Waals surface area contributed by atoms with Crippen molar-refractivity contribution in [1.29, 1.82) is 0 Å². The number of nitrogens with zero attached hydrogens (tertiary/aromatic N) is 2. The number of H-pyrrole nitrogens is 1. The predicted molar refractivity (Wildman–Crippen MR) is 135 cm³/mol. The number of hydrogen-bond acceptors (Lipinski definition) is 5. The number of carbonyl (C=O) groups is 1. The van der Waals surface area contributed by atoms with Gasteiger partial charge < -0.3 is 20.8 Å². The third-order valence-corrected chi connectivity index (χ3v) is 6.27. The second-order valence-electron chi connectivity index (χ2n) is 9.14. The Kier molecular flexibility index (Phi) is 7.49. The lowest BCUT2D eigenvalue weighted by Gasteiger charge is -2.32. The SMILES string of the molecule is CC(C)[C@](N)(C(=O)NCC(F)(F)F)c1cncc(-c2c[nH]c3ncc(OCCc4ccccc4)cc23)c1. The lowest BCUT2D eigenvalue weighted by molar-refractivity contribution is -0.143. The van der Waals surface area contributed by atoms with Crippen molar-refractivity contribution in [2.45, 2.75) is 32.0 Å². The fraction of sp³-hybridized carbons (Fsp3) is 0.296. The number of aromatic nitrogens is 3. The monoisotopic (exact) mass is 511 g/mol. The van der Waals surface area contributed by atoms with Gasteiger partial charge in [0.2, 0.25) is 5.91 Å². The molecule has 3 heterocycles. The van der Waals surface area contributed by atoms with Crippen LogP contribution in [0.5, 0.6) is 5.75 Å². The van der Waals surface area contributed by atoms with Crippen molar-refractivity contribution >= 4 is 16.9 Å². The molecule has 0 unspecified atom stereocenters. The molecule has 37 heavy (non-hydrogen) atoms. The Morgan fingerprint density at radius 2 is 1.89 bits per heavy atom. The number of nitrogens with one attached hydrogen (secondary N) is 2. The molecular formula is C27H28F3N5O2. The molecule has 1 atom stereocenters. The molecule has 0 saturated heterocycles. The van der Waals surface area contributed by atoms with E-state index in [0.717, 1.165) is 22.9 Å². The van der Waals surface area contributed by atoms with Gasteiger partial charge in [0.25, 0.3) is 0 Å². The van der Waals surface area contributed by atoms with Crippen LogP contribution in [0.25, 0.3) is 22.2 Å². The molecule has 1 aromatic carbocycles. The van der Waals surface area contributed by atoms with E-state index in [1.165, 1.54) is 6.20 Å². The molecule has 10 heteroatoms. The second-order valence-corrected chi connectivity index (χ2v) is 9.14. The Balaban J connectivity index is 1.60. The van der Waals surface area contributed by atoms with Crippen LogP contribution in [0.15, 0.2) is 67.3 Å². The zero-order chi connectivity index (χ0) is 26.6. The number of alkyl halides is 3. The van der Waals surface area contributed by atoms with Gasteiger partial charge in [0.05, 0.1) is 12.8 Å². The molecule has 0 fully saturated rings. The van der Waals surface area contributed by atoms with Gasteiger partial charge in [-0.2, -0.15) is 13.2 Å². The zero-order valence-electron chi connectivity index (χ0n) is 20.5. The molecular weight excluding hydrogens is 483 g/mol. The van der Waals surface area contributed by atoms with E-state index in [1.807, 2.05) is 41.7 Å². The van der Waals surface area contributed by atoms with Crippen molar-refractivity contribution in [1.82, 2.24) is 20.3 Å². The average Bonchev–Trinajstić information content (AvgIpc) is 3.30. The Bertz CT molecular complexity index is 1370. The summed E-state index contributed by atoms with van der Waals surface area (Å²) in [5, 5.41) is 2.68. The van der Waals surface area contributed by atoms with E-state index in [0.29, 0.717) is 29.1 Å². The summed E-state index contributed by atoms with van der Waals surface area (Å²) in [6, 6.07) is 13.5. The maximum Gasteiger partial charge on any atom is 0.405 e. The summed E-state index contributed by atoms with van der Waals surface area (Å²) in [4.78, 5) is 24.6. The van der Waals surface area contributed by atoms with E-state index >= 15 is 0 Å². The van der Waals surface area contributed by atoms with Gasteiger partial charge >= 0.3 is 6.18 Å². The van der Waals surface area contributed by atoms with Gasteiger partial charge in [0, 0.05) is 47.1 Å². The first kappa shape index (κ1) is 26.2. The van der Waals surface area contributed by atoms with Crippen molar-refractivity contribution in [3.05, 3.63) is 78.4 Å². The van der Waals surface area contributed by atoms with Crippen LogP contribution in [0.2, 0.25) is 0 Å². The number of fused-ring (bicyclic) bond motifs is 1. The summed E-state index contributed by atoms with van der Waals surface area (Å²) >= 11 is 0. The van der Waals surface area contributed by atoms with Crippen LogP contribution in [-0.4, -0.2) is 40.2 Å². The van der Waals surface area contributed by atoms with Gasteiger partial charge in [-0.15, -0.1) is 0 Å². The van der Waals surface area contributed by atoms with Gasteiger partial charge in [-0.3, -0.25) is 9.78 Å². The number of hydrogen-bond donors (Lipinski definition) is 3. The summed E-state index contributed by atoms with van der Waals surface area (Å²) in [5.41, 5.74) is 8.19. The normalized spacial score (nSPS) is 13.5. The molecule has 3 aromatic heterocycles. The van der Waals surface area contributed by atoms with Crippen LogP contribution in [0.1, 0.15) is 25.0 Å². The third kappa shape index (κ3) is 5.91. The molecule has 0 radical (unpaired) electrons. The fourth-order valence-corrected chi connectivity index (χ4v) is 4.10. The third-order valence-electron chi connectivity index (χ3n) is 6.27. The molecule has 4 rings (SSSR count). The number of rotatable bonds is 9. The maximum absolute atomic E-state index is 12.8. The molecule has 0 aliphatic carbocycles. The second kappa shape index (κ2) is 10.6. The number of pyridine rings is 2. The zero-order valence-corrected chi connectivity index (χ0v) is 20.5. The first-order valence-corrected chi connectivity index (χ1v) is 11.8. The maximum atomic E-state index is 12.8. The van der Waals surface area contributed by atoms with E-state index in [-0.39, 0.29) is 0 Å². The van der Waals surface area contributed by atoms with Crippen molar-refractivity contribution in [3.8, 4) is 16.9 Å². The van der Waals surface area contributed by atoms with E-state index in [2.05, 4.69) is 15.0 Å². The highest BCUT2D eigenvalue weighted by atomic mass is 19.4. The van der Waals surface area contributed by atoms with E-state index in [9.17, 15) is 18.0 Å². The number of benzene rings is 1. The van der Waals surface area contributed by atoms with Crippen molar-refractivity contribution < 1.29 is 22.7 Å².